The Balaban J connectivity index is 1.95. The monoisotopic (exact) mass is 210 g/mol. The van der Waals surface area contributed by atoms with E-state index in [9.17, 15) is 4.79 Å². The quantitative estimate of drug-likeness (QED) is 0.718. The van der Waals surface area contributed by atoms with Gasteiger partial charge in [-0.05, 0) is 37.0 Å². The third-order valence-corrected chi connectivity index (χ3v) is 2.44. The van der Waals surface area contributed by atoms with Gasteiger partial charge in [0.05, 0.1) is 12.2 Å². The molecule has 1 aromatic carbocycles. The van der Waals surface area contributed by atoms with Gasteiger partial charge in [0.2, 0.25) is 0 Å². The fourth-order valence-corrected chi connectivity index (χ4v) is 1.37. The SMILES string of the molecule is O=C(OCC1CC1)c1cccc(Cl)c1. The van der Waals surface area contributed by atoms with E-state index in [2.05, 4.69) is 0 Å². The maximum absolute atomic E-state index is 11.4. The van der Waals surface area contributed by atoms with Crippen molar-refractivity contribution >= 4 is 17.6 Å². The number of hydrogen-bond acceptors (Lipinski definition) is 2. The van der Waals surface area contributed by atoms with Crippen LogP contribution in [-0.4, -0.2) is 12.6 Å². The summed E-state index contributed by atoms with van der Waals surface area (Å²) in [5.74, 6) is 0.317. The van der Waals surface area contributed by atoms with Crippen LogP contribution < -0.4 is 0 Å². The molecule has 1 aliphatic rings. The van der Waals surface area contributed by atoms with Crippen molar-refractivity contribution in [2.45, 2.75) is 12.8 Å². The zero-order chi connectivity index (χ0) is 9.97. The van der Waals surface area contributed by atoms with E-state index in [-0.39, 0.29) is 5.97 Å². The molecule has 0 radical (unpaired) electrons. The molecule has 0 atom stereocenters. The average Bonchev–Trinajstić information content (AvgIpc) is 2.97. The normalized spacial score (nSPS) is 15.2. The molecule has 0 spiro atoms. The van der Waals surface area contributed by atoms with Crippen molar-refractivity contribution in [1.82, 2.24) is 0 Å². The first-order chi connectivity index (χ1) is 6.75. The first-order valence-corrected chi connectivity index (χ1v) is 5.06. The Bertz CT molecular complexity index is 345. The van der Waals surface area contributed by atoms with Crippen LogP contribution in [0.1, 0.15) is 23.2 Å². The molecule has 0 aromatic heterocycles. The number of rotatable bonds is 3. The predicted molar refractivity (Wildman–Crippen MR) is 54.5 cm³/mol. The third kappa shape index (κ3) is 2.48. The van der Waals surface area contributed by atoms with Gasteiger partial charge in [0, 0.05) is 5.02 Å². The standard InChI is InChI=1S/C11H11ClO2/c12-10-3-1-2-9(6-10)11(13)14-7-8-4-5-8/h1-3,6,8H,4-5,7H2. The molecule has 3 heteroatoms. The van der Waals surface area contributed by atoms with Gasteiger partial charge in [-0.2, -0.15) is 0 Å². The number of ether oxygens (including phenoxy) is 1. The zero-order valence-electron chi connectivity index (χ0n) is 7.70. The lowest BCUT2D eigenvalue weighted by molar-refractivity contribution is 0.0486. The molecule has 2 rings (SSSR count). The second-order valence-corrected chi connectivity index (χ2v) is 3.99. The molecule has 1 saturated carbocycles. The van der Waals surface area contributed by atoms with Gasteiger partial charge in [-0.1, -0.05) is 17.7 Å². The van der Waals surface area contributed by atoms with Gasteiger partial charge in [-0.3, -0.25) is 0 Å². The molecule has 0 aliphatic heterocycles. The lowest BCUT2D eigenvalue weighted by Crippen LogP contribution is -2.07. The molecular formula is C11H11ClO2. The molecule has 1 aromatic rings. The van der Waals surface area contributed by atoms with Crippen LogP contribution in [0.4, 0.5) is 0 Å². The highest BCUT2D eigenvalue weighted by molar-refractivity contribution is 6.30. The summed E-state index contributed by atoms with van der Waals surface area (Å²) in [6, 6.07) is 6.81. The lowest BCUT2D eigenvalue weighted by Gasteiger charge is -2.03. The van der Waals surface area contributed by atoms with E-state index < -0.39 is 0 Å². The van der Waals surface area contributed by atoms with E-state index in [0.717, 1.165) is 0 Å². The minimum absolute atomic E-state index is 0.278. The predicted octanol–water partition coefficient (Wildman–Crippen LogP) is 2.91. The van der Waals surface area contributed by atoms with Crippen LogP contribution in [-0.2, 0) is 4.74 Å². The zero-order valence-corrected chi connectivity index (χ0v) is 8.46. The summed E-state index contributed by atoms with van der Waals surface area (Å²) in [4.78, 5) is 11.4. The molecule has 2 nitrogen and oxygen atoms in total. The van der Waals surface area contributed by atoms with E-state index in [0.29, 0.717) is 23.1 Å². The molecule has 1 aliphatic carbocycles. The Kier molecular flexibility index (Phi) is 2.73. The summed E-state index contributed by atoms with van der Waals surface area (Å²) < 4.78 is 5.11. The summed E-state index contributed by atoms with van der Waals surface area (Å²) in [6.07, 6.45) is 2.37. The molecule has 1 fully saturated rings. The Morgan fingerprint density at radius 3 is 2.93 bits per heavy atom. The van der Waals surface area contributed by atoms with E-state index in [1.807, 2.05) is 0 Å². The smallest absolute Gasteiger partial charge is 0.338 e. The largest absolute Gasteiger partial charge is 0.462 e. The van der Waals surface area contributed by atoms with Gasteiger partial charge in [0.1, 0.15) is 0 Å². The molecular weight excluding hydrogens is 200 g/mol. The molecule has 0 unspecified atom stereocenters. The van der Waals surface area contributed by atoms with Crippen LogP contribution in [0.15, 0.2) is 24.3 Å². The highest BCUT2D eigenvalue weighted by Crippen LogP contribution is 2.29. The van der Waals surface area contributed by atoms with Crippen LogP contribution in [0.25, 0.3) is 0 Å². The van der Waals surface area contributed by atoms with Gasteiger partial charge in [0.25, 0.3) is 0 Å². The minimum atomic E-state index is -0.278. The van der Waals surface area contributed by atoms with E-state index in [1.165, 1.54) is 12.8 Å². The highest BCUT2D eigenvalue weighted by Gasteiger charge is 2.23. The summed E-state index contributed by atoms with van der Waals surface area (Å²) >= 11 is 5.76. The molecule has 74 valence electrons. The van der Waals surface area contributed by atoms with Crippen LogP contribution in [0.2, 0.25) is 5.02 Å². The van der Waals surface area contributed by atoms with Crippen molar-refractivity contribution < 1.29 is 9.53 Å². The fourth-order valence-electron chi connectivity index (χ4n) is 1.18. The Morgan fingerprint density at radius 1 is 1.50 bits per heavy atom. The average molecular weight is 211 g/mol. The maximum atomic E-state index is 11.4. The number of carbonyl (C=O) groups is 1. The van der Waals surface area contributed by atoms with Crippen molar-refractivity contribution in [3.05, 3.63) is 34.9 Å². The van der Waals surface area contributed by atoms with Gasteiger partial charge < -0.3 is 4.74 Å². The molecule has 14 heavy (non-hydrogen) atoms. The molecule has 0 saturated heterocycles. The number of halogens is 1. The second-order valence-electron chi connectivity index (χ2n) is 3.55. The van der Waals surface area contributed by atoms with Crippen LogP contribution in [0.5, 0.6) is 0 Å². The van der Waals surface area contributed by atoms with Gasteiger partial charge >= 0.3 is 5.97 Å². The molecule has 0 N–H and O–H groups in total. The van der Waals surface area contributed by atoms with Gasteiger partial charge in [0.15, 0.2) is 0 Å². The molecule has 0 bridgehead atoms. The Morgan fingerprint density at radius 2 is 2.29 bits per heavy atom. The second kappa shape index (κ2) is 4.01. The summed E-state index contributed by atoms with van der Waals surface area (Å²) in [5.41, 5.74) is 0.526. The summed E-state index contributed by atoms with van der Waals surface area (Å²) in [5, 5.41) is 0.561. The number of esters is 1. The van der Waals surface area contributed by atoms with Gasteiger partial charge in [-0.25, -0.2) is 4.79 Å². The molecule has 0 amide bonds. The number of hydrogen-bond donors (Lipinski definition) is 0. The van der Waals surface area contributed by atoms with Crippen molar-refractivity contribution in [3.63, 3.8) is 0 Å². The topological polar surface area (TPSA) is 26.3 Å². The summed E-state index contributed by atoms with van der Waals surface area (Å²) in [7, 11) is 0. The van der Waals surface area contributed by atoms with Crippen LogP contribution >= 0.6 is 11.6 Å². The van der Waals surface area contributed by atoms with Crippen molar-refractivity contribution in [1.29, 1.82) is 0 Å². The van der Waals surface area contributed by atoms with Gasteiger partial charge in [-0.15, -0.1) is 0 Å². The molecule has 0 heterocycles. The first-order valence-electron chi connectivity index (χ1n) is 4.68. The van der Waals surface area contributed by atoms with E-state index >= 15 is 0 Å². The van der Waals surface area contributed by atoms with E-state index in [1.54, 1.807) is 24.3 Å². The van der Waals surface area contributed by atoms with Crippen molar-refractivity contribution in [2.24, 2.45) is 5.92 Å². The van der Waals surface area contributed by atoms with E-state index in [4.69, 9.17) is 16.3 Å². The van der Waals surface area contributed by atoms with Crippen molar-refractivity contribution in [3.8, 4) is 0 Å². The Labute approximate surface area is 87.8 Å². The number of benzene rings is 1. The minimum Gasteiger partial charge on any atom is -0.462 e. The number of carbonyl (C=O) groups excluding carboxylic acids is 1. The maximum Gasteiger partial charge on any atom is 0.338 e. The fraction of sp³-hybridized carbons (Fsp3) is 0.364. The third-order valence-electron chi connectivity index (χ3n) is 2.21. The van der Waals surface area contributed by atoms with Crippen LogP contribution in [0.3, 0.4) is 0 Å². The van der Waals surface area contributed by atoms with Crippen molar-refractivity contribution in [2.75, 3.05) is 6.61 Å². The lowest BCUT2D eigenvalue weighted by atomic mass is 10.2. The van der Waals surface area contributed by atoms with Crippen LogP contribution in [0, 0.1) is 5.92 Å². The first kappa shape index (κ1) is 9.53. The highest BCUT2D eigenvalue weighted by atomic mass is 35.5. The summed E-state index contributed by atoms with van der Waals surface area (Å²) in [6.45, 7) is 0.547. The Hall–Kier alpha value is -1.02.